The van der Waals surface area contributed by atoms with Gasteiger partial charge in [0.1, 0.15) is 5.82 Å². The Bertz CT molecular complexity index is 845. The van der Waals surface area contributed by atoms with Crippen molar-refractivity contribution in [1.29, 1.82) is 0 Å². The molecule has 0 aliphatic rings. The van der Waals surface area contributed by atoms with Crippen LogP contribution in [-0.2, 0) is 19.5 Å². The summed E-state index contributed by atoms with van der Waals surface area (Å²) in [5.74, 6) is 2.29. The monoisotopic (exact) mass is 523 g/mol. The number of aromatic nitrogens is 2. The zero-order valence-corrected chi connectivity index (χ0v) is 20.2. The van der Waals surface area contributed by atoms with Crippen molar-refractivity contribution in [2.24, 2.45) is 4.99 Å². The molecule has 156 valence electrons. The normalized spacial score (nSPS) is 12.3. The highest BCUT2D eigenvalue weighted by atomic mass is 127. The maximum atomic E-state index is 4.50. The minimum atomic E-state index is 0. The summed E-state index contributed by atoms with van der Waals surface area (Å²) < 4.78 is 2.22. The van der Waals surface area contributed by atoms with Crippen LogP contribution in [0.2, 0.25) is 0 Å². The number of hydrogen-bond acceptors (Lipinski definition) is 3. The van der Waals surface area contributed by atoms with E-state index in [1.165, 1.54) is 10.4 Å². The van der Waals surface area contributed by atoms with Crippen molar-refractivity contribution in [3.05, 3.63) is 76.5 Å². The molecule has 0 fully saturated rings. The molecule has 0 aliphatic carbocycles. The van der Waals surface area contributed by atoms with Gasteiger partial charge in [0, 0.05) is 43.3 Å². The predicted octanol–water partition coefficient (Wildman–Crippen LogP) is 4.66. The molecule has 0 saturated heterocycles. The number of halogens is 1. The van der Waals surface area contributed by atoms with Crippen LogP contribution >= 0.6 is 35.3 Å². The number of hydrogen-bond donors (Lipinski definition) is 2. The molecule has 2 heterocycles. The molecule has 29 heavy (non-hydrogen) atoms. The van der Waals surface area contributed by atoms with Crippen LogP contribution < -0.4 is 10.6 Å². The maximum absolute atomic E-state index is 4.50. The molecule has 1 atom stereocenters. The number of nitrogens with one attached hydrogen (secondary N) is 2. The molecule has 0 aliphatic heterocycles. The predicted molar refractivity (Wildman–Crippen MR) is 133 cm³/mol. The molecule has 1 aromatic carbocycles. The molecule has 0 spiro atoms. The Kier molecular flexibility index (Phi) is 10.2. The van der Waals surface area contributed by atoms with Gasteiger partial charge >= 0.3 is 0 Å². The third kappa shape index (κ3) is 7.47. The minimum absolute atomic E-state index is 0. The first-order valence-corrected chi connectivity index (χ1v) is 10.7. The molecule has 2 N–H and O–H groups in total. The molecular formula is C22H30IN5S. The highest BCUT2D eigenvalue weighted by Crippen LogP contribution is 2.19. The summed E-state index contributed by atoms with van der Waals surface area (Å²) in [6.45, 7) is 4.70. The SMILES string of the molecule is CN=C(NCc1nccn1CCCc1ccccc1)NCC(C)c1cccs1.I. The van der Waals surface area contributed by atoms with Gasteiger partial charge in [0.25, 0.3) is 0 Å². The van der Waals surface area contributed by atoms with Crippen molar-refractivity contribution in [1.82, 2.24) is 20.2 Å². The van der Waals surface area contributed by atoms with Crippen LogP contribution in [0.25, 0.3) is 0 Å². The minimum Gasteiger partial charge on any atom is -0.356 e. The van der Waals surface area contributed by atoms with E-state index in [2.05, 4.69) is 86.1 Å². The van der Waals surface area contributed by atoms with Crippen LogP contribution in [0.5, 0.6) is 0 Å². The average molecular weight is 523 g/mol. The molecule has 1 unspecified atom stereocenters. The second-order valence-electron chi connectivity index (χ2n) is 6.85. The van der Waals surface area contributed by atoms with E-state index in [1.54, 1.807) is 18.4 Å². The second kappa shape index (κ2) is 12.6. The third-order valence-electron chi connectivity index (χ3n) is 4.75. The standard InChI is InChI=1S/C22H29N5S.HI/c1-18(20-11-7-15-28-20)16-25-22(23-2)26-17-21-24-12-14-27(21)13-6-10-19-8-4-3-5-9-19;/h3-5,7-9,11-12,14-15,18H,6,10,13,16-17H2,1-2H3,(H2,23,25,26);1H. The molecule has 0 radical (unpaired) electrons. The van der Waals surface area contributed by atoms with E-state index in [0.717, 1.165) is 37.7 Å². The van der Waals surface area contributed by atoms with E-state index >= 15 is 0 Å². The molecule has 0 saturated carbocycles. The van der Waals surface area contributed by atoms with Crippen molar-refractivity contribution < 1.29 is 0 Å². The number of aryl methyl sites for hydroxylation is 2. The molecule has 7 heteroatoms. The van der Waals surface area contributed by atoms with Crippen LogP contribution in [-0.4, -0.2) is 29.1 Å². The van der Waals surface area contributed by atoms with E-state index in [0.29, 0.717) is 12.5 Å². The largest absolute Gasteiger partial charge is 0.356 e. The highest BCUT2D eigenvalue weighted by molar-refractivity contribution is 14.0. The Morgan fingerprint density at radius 1 is 1.17 bits per heavy atom. The third-order valence-corrected chi connectivity index (χ3v) is 5.85. The van der Waals surface area contributed by atoms with Gasteiger partial charge in [-0.25, -0.2) is 4.98 Å². The fraction of sp³-hybridized carbons (Fsp3) is 0.364. The topological polar surface area (TPSA) is 54.2 Å². The smallest absolute Gasteiger partial charge is 0.191 e. The first kappa shape index (κ1) is 23.4. The Morgan fingerprint density at radius 2 is 2.00 bits per heavy atom. The van der Waals surface area contributed by atoms with Crippen molar-refractivity contribution in [3.8, 4) is 0 Å². The maximum Gasteiger partial charge on any atom is 0.191 e. The molecule has 5 nitrogen and oxygen atoms in total. The first-order valence-electron chi connectivity index (χ1n) is 9.78. The van der Waals surface area contributed by atoms with Crippen molar-refractivity contribution in [3.63, 3.8) is 0 Å². The van der Waals surface area contributed by atoms with Gasteiger partial charge in [-0.3, -0.25) is 4.99 Å². The van der Waals surface area contributed by atoms with E-state index < -0.39 is 0 Å². The van der Waals surface area contributed by atoms with Crippen LogP contribution in [0, 0.1) is 0 Å². The lowest BCUT2D eigenvalue weighted by Crippen LogP contribution is -2.39. The number of imidazole rings is 1. The van der Waals surface area contributed by atoms with Crippen molar-refractivity contribution >= 4 is 41.3 Å². The Hall–Kier alpha value is -1.87. The number of rotatable bonds is 9. The number of guanidine groups is 1. The molecule has 2 aromatic heterocycles. The molecular weight excluding hydrogens is 493 g/mol. The van der Waals surface area contributed by atoms with E-state index in [9.17, 15) is 0 Å². The van der Waals surface area contributed by atoms with Crippen LogP contribution in [0.3, 0.4) is 0 Å². The number of benzene rings is 1. The summed E-state index contributed by atoms with van der Waals surface area (Å²) in [6.07, 6.45) is 6.10. The van der Waals surface area contributed by atoms with Crippen molar-refractivity contribution in [2.45, 2.75) is 38.8 Å². The summed E-state index contributed by atoms with van der Waals surface area (Å²) in [6, 6.07) is 14.9. The summed E-state index contributed by atoms with van der Waals surface area (Å²) in [4.78, 5) is 10.2. The lowest BCUT2D eigenvalue weighted by atomic mass is 10.1. The summed E-state index contributed by atoms with van der Waals surface area (Å²) in [5, 5.41) is 8.91. The second-order valence-corrected chi connectivity index (χ2v) is 7.83. The fourth-order valence-corrected chi connectivity index (χ4v) is 3.90. The molecule has 0 bridgehead atoms. The lowest BCUT2D eigenvalue weighted by Gasteiger charge is -2.15. The summed E-state index contributed by atoms with van der Waals surface area (Å²) in [5.41, 5.74) is 1.38. The fourth-order valence-electron chi connectivity index (χ4n) is 3.11. The molecule has 3 aromatic rings. The van der Waals surface area contributed by atoms with Gasteiger partial charge in [0.2, 0.25) is 0 Å². The van der Waals surface area contributed by atoms with Gasteiger partial charge in [-0.2, -0.15) is 0 Å². The van der Waals surface area contributed by atoms with Crippen molar-refractivity contribution in [2.75, 3.05) is 13.6 Å². The number of nitrogens with zero attached hydrogens (tertiary/aromatic N) is 3. The Labute approximate surface area is 194 Å². The van der Waals surface area contributed by atoms with Gasteiger partial charge in [-0.1, -0.05) is 43.3 Å². The Balaban J connectivity index is 0.00000300. The van der Waals surface area contributed by atoms with E-state index in [-0.39, 0.29) is 24.0 Å². The van der Waals surface area contributed by atoms with Gasteiger partial charge < -0.3 is 15.2 Å². The highest BCUT2D eigenvalue weighted by Gasteiger charge is 2.08. The zero-order valence-electron chi connectivity index (χ0n) is 17.0. The van der Waals surface area contributed by atoms with E-state index in [4.69, 9.17) is 0 Å². The molecule has 0 amide bonds. The quantitative estimate of drug-likeness (QED) is 0.244. The summed E-state index contributed by atoms with van der Waals surface area (Å²) >= 11 is 1.80. The van der Waals surface area contributed by atoms with Gasteiger partial charge in [0.15, 0.2) is 5.96 Å². The van der Waals surface area contributed by atoms with Crippen LogP contribution in [0.4, 0.5) is 0 Å². The average Bonchev–Trinajstić information content (AvgIpc) is 3.41. The lowest BCUT2D eigenvalue weighted by molar-refractivity contribution is 0.599. The van der Waals surface area contributed by atoms with Crippen LogP contribution in [0.1, 0.15) is 35.5 Å². The van der Waals surface area contributed by atoms with Gasteiger partial charge in [-0.15, -0.1) is 35.3 Å². The van der Waals surface area contributed by atoms with Gasteiger partial charge in [-0.05, 0) is 29.9 Å². The number of aliphatic imine (C=N–C) groups is 1. The molecule has 3 rings (SSSR count). The summed E-state index contributed by atoms with van der Waals surface area (Å²) in [7, 11) is 1.80. The Morgan fingerprint density at radius 3 is 2.72 bits per heavy atom. The zero-order chi connectivity index (χ0) is 19.6. The van der Waals surface area contributed by atoms with Crippen LogP contribution in [0.15, 0.2) is 65.2 Å². The van der Waals surface area contributed by atoms with Gasteiger partial charge in [0.05, 0.1) is 6.54 Å². The first-order chi connectivity index (χ1) is 13.8. The number of thiophene rings is 1. The van der Waals surface area contributed by atoms with E-state index in [1.807, 2.05) is 6.20 Å².